The Morgan fingerprint density at radius 3 is 2.86 bits per heavy atom. The van der Waals surface area contributed by atoms with Gasteiger partial charge in [-0.1, -0.05) is 25.4 Å². The molecule has 0 aromatic carbocycles. The second-order valence-electron chi connectivity index (χ2n) is 6.41. The molecule has 0 saturated heterocycles. The third kappa shape index (κ3) is 3.14. The van der Waals surface area contributed by atoms with Gasteiger partial charge in [-0.15, -0.1) is 11.3 Å². The summed E-state index contributed by atoms with van der Waals surface area (Å²) >= 11 is 7.46. The fraction of sp³-hybridized carbons (Fsp3) is 0.235. The number of carbonyl (C=O) groups excluding carboxylic acids is 1. The fourth-order valence-electron chi connectivity index (χ4n) is 2.91. The molecule has 4 aromatic rings. The molecule has 11 heteroatoms. The molecule has 8 nitrogen and oxygen atoms in total. The van der Waals surface area contributed by atoms with Crippen molar-refractivity contribution in [1.82, 2.24) is 24.1 Å². The van der Waals surface area contributed by atoms with Crippen LogP contribution in [-0.4, -0.2) is 30.1 Å². The zero-order valence-electron chi connectivity index (χ0n) is 14.8. The smallest absolute Gasteiger partial charge is 0.291 e. The highest BCUT2D eigenvalue weighted by Gasteiger charge is 2.19. The molecule has 144 valence electrons. The standard InChI is InChI=1S/C17H14ClFN6O2S/c1-8(2)16-23-24(6-14(26)22-15-9(19)5-20-7-21-15)17(27)11-3-12-10(25(11)16)4-13(18)28-12/h3-5,7-8H,6H2,1-2H3,(H,20,21,22,26). The molecule has 0 aliphatic rings. The number of hydrogen-bond acceptors (Lipinski definition) is 6. The number of aromatic nitrogens is 5. The van der Waals surface area contributed by atoms with Crippen LogP contribution in [0, 0.1) is 5.82 Å². The molecule has 1 N–H and O–H groups in total. The Morgan fingerprint density at radius 2 is 2.14 bits per heavy atom. The zero-order chi connectivity index (χ0) is 20.0. The highest BCUT2D eigenvalue weighted by atomic mass is 35.5. The van der Waals surface area contributed by atoms with E-state index in [0.717, 1.165) is 27.4 Å². The normalized spacial score (nSPS) is 11.6. The van der Waals surface area contributed by atoms with E-state index in [4.69, 9.17) is 11.6 Å². The van der Waals surface area contributed by atoms with Crippen molar-refractivity contribution in [2.24, 2.45) is 0 Å². The lowest BCUT2D eigenvalue weighted by Crippen LogP contribution is -2.32. The summed E-state index contributed by atoms with van der Waals surface area (Å²) in [6.07, 6.45) is 2.05. The number of nitrogens with zero attached hydrogens (tertiary/aromatic N) is 5. The predicted molar refractivity (Wildman–Crippen MR) is 105 cm³/mol. The monoisotopic (exact) mass is 420 g/mol. The molecule has 0 radical (unpaired) electrons. The van der Waals surface area contributed by atoms with Gasteiger partial charge in [0.25, 0.3) is 5.56 Å². The first-order valence-corrected chi connectivity index (χ1v) is 9.51. The minimum absolute atomic E-state index is 0.0222. The van der Waals surface area contributed by atoms with Crippen LogP contribution in [0.2, 0.25) is 4.34 Å². The van der Waals surface area contributed by atoms with Gasteiger partial charge in [0.15, 0.2) is 11.6 Å². The van der Waals surface area contributed by atoms with Crippen molar-refractivity contribution < 1.29 is 9.18 Å². The van der Waals surface area contributed by atoms with E-state index in [9.17, 15) is 14.0 Å². The number of carbonyl (C=O) groups is 1. The Bertz CT molecular complexity index is 1280. The van der Waals surface area contributed by atoms with Crippen LogP contribution in [0.5, 0.6) is 0 Å². The zero-order valence-corrected chi connectivity index (χ0v) is 16.4. The molecule has 0 bridgehead atoms. The van der Waals surface area contributed by atoms with Crippen LogP contribution in [-0.2, 0) is 11.3 Å². The van der Waals surface area contributed by atoms with Gasteiger partial charge < -0.3 is 5.32 Å². The number of halogens is 2. The minimum Gasteiger partial charge on any atom is -0.307 e. The van der Waals surface area contributed by atoms with Crippen molar-refractivity contribution in [2.45, 2.75) is 26.3 Å². The molecule has 4 rings (SSSR count). The van der Waals surface area contributed by atoms with E-state index >= 15 is 0 Å². The third-order valence-electron chi connectivity index (χ3n) is 4.10. The maximum absolute atomic E-state index is 13.6. The largest absolute Gasteiger partial charge is 0.307 e. The SMILES string of the molecule is CC(C)c1nn(CC(=O)Nc2ncncc2F)c(=O)c2cc3sc(Cl)cc3n12. The molecule has 4 aromatic heterocycles. The van der Waals surface area contributed by atoms with Gasteiger partial charge in [-0.25, -0.2) is 19.0 Å². The maximum Gasteiger partial charge on any atom is 0.291 e. The quantitative estimate of drug-likeness (QED) is 0.547. The number of fused-ring (bicyclic) bond motifs is 3. The Hall–Kier alpha value is -2.85. The van der Waals surface area contributed by atoms with E-state index in [2.05, 4.69) is 20.4 Å². The van der Waals surface area contributed by atoms with Crippen molar-refractivity contribution >= 4 is 50.4 Å². The number of anilines is 1. The molecule has 4 heterocycles. The van der Waals surface area contributed by atoms with E-state index in [0.29, 0.717) is 15.7 Å². The highest BCUT2D eigenvalue weighted by Crippen LogP contribution is 2.32. The van der Waals surface area contributed by atoms with Crippen LogP contribution in [0.3, 0.4) is 0 Å². The van der Waals surface area contributed by atoms with Crippen LogP contribution >= 0.6 is 22.9 Å². The Labute approximate surface area is 166 Å². The summed E-state index contributed by atoms with van der Waals surface area (Å²) in [6, 6.07) is 3.52. The lowest BCUT2D eigenvalue weighted by atomic mass is 10.2. The number of amides is 1. The molecule has 0 unspecified atom stereocenters. The number of thiophene rings is 1. The van der Waals surface area contributed by atoms with Gasteiger partial charge in [-0.2, -0.15) is 5.10 Å². The lowest BCUT2D eigenvalue weighted by molar-refractivity contribution is -0.117. The van der Waals surface area contributed by atoms with Gasteiger partial charge in [0, 0.05) is 5.92 Å². The summed E-state index contributed by atoms with van der Waals surface area (Å²) in [5, 5.41) is 6.70. The molecule has 28 heavy (non-hydrogen) atoms. The topological polar surface area (TPSA) is 94.2 Å². The Balaban J connectivity index is 1.77. The van der Waals surface area contributed by atoms with E-state index < -0.39 is 17.3 Å². The molecule has 0 aliphatic carbocycles. The van der Waals surface area contributed by atoms with Crippen LogP contribution in [0.15, 0.2) is 29.5 Å². The summed E-state index contributed by atoms with van der Waals surface area (Å²) in [7, 11) is 0. The molecule has 0 aliphatic heterocycles. The summed E-state index contributed by atoms with van der Waals surface area (Å²) in [6.45, 7) is 3.50. The average molecular weight is 421 g/mol. The Morgan fingerprint density at radius 1 is 1.36 bits per heavy atom. The first-order valence-electron chi connectivity index (χ1n) is 8.32. The fourth-order valence-corrected chi connectivity index (χ4v) is 4.06. The van der Waals surface area contributed by atoms with Crippen LogP contribution < -0.4 is 10.9 Å². The maximum atomic E-state index is 13.6. The van der Waals surface area contributed by atoms with Crippen molar-refractivity contribution in [2.75, 3.05) is 5.32 Å². The summed E-state index contributed by atoms with van der Waals surface area (Å²) in [4.78, 5) is 32.4. The van der Waals surface area contributed by atoms with Gasteiger partial charge in [-0.05, 0) is 12.1 Å². The van der Waals surface area contributed by atoms with Gasteiger partial charge in [0.1, 0.15) is 24.2 Å². The highest BCUT2D eigenvalue weighted by molar-refractivity contribution is 7.22. The third-order valence-corrected chi connectivity index (χ3v) is 5.30. The Kier molecular flexibility index (Phi) is 4.60. The first-order chi connectivity index (χ1) is 13.3. The molecule has 0 spiro atoms. The van der Waals surface area contributed by atoms with Gasteiger partial charge in [0.05, 0.1) is 20.7 Å². The van der Waals surface area contributed by atoms with E-state index in [1.807, 2.05) is 13.8 Å². The second-order valence-corrected chi connectivity index (χ2v) is 8.12. The molecule has 0 atom stereocenters. The number of hydrogen-bond donors (Lipinski definition) is 1. The van der Waals surface area contributed by atoms with Gasteiger partial charge in [0.2, 0.25) is 5.91 Å². The molecule has 1 amide bonds. The summed E-state index contributed by atoms with van der Waals surface area (Å²) in [5.41, 5.74) is 0.776. The summed E-state index contributed by atoms with van der Waals surface area (Å²) < 4.78 is 17.9. The van der Waals surface area contributed by atoms with E-state index in [1.54, 1.807) is 16.5 Å². The molecular formula is C17H14ClFN6O2S. The summed E-state index contributed by atoms with van der Waals surface area (Å²) in [5.74, 6) is -1.05. The predicted octanol–water partition coefficient (Wildman–Crippen LogP) is 3.06. The molecule has 0 fully saturated rings. The molecule has 0 saturated carbocycles. The lowest BCUT2D eigenvalue weighted by Gasteiger charge is -2.13. The van der Waals surface area contributed by atoms with Crippen molar-refractivity contribution in [3.63, 3.8) is 0 Å². The van der Waals surface area contributed by atoms with Crippen LogP contribution in [0.1, 0.15) is 25.6 Å². The van der Waals surface area contributed by atoms with E-state index in [-0.39, 0.29) is 18.3 Å². The van der Waals surface area contributed by atoms with Crippen molar-refractivity contribution in [3.05, 3.63) is 51.0 Å². The average Bonchev–Trinajstić information content (AvgIpc) is 3.15. The van der Waals surface area contributed by atoms with Gasteiger partial charge >= 0.3 is 0 Å². The van der Waals surface area contributed by atoms with Crippen LogP contribution in [0.4, 0.5) is 10.2 Å². The van der Waals surface area contributed by atoms with Crippen molar-refractivity contribution in [1.29, 1.82) is 0 Å². The number of nitrogens with one attached hydrogen (secondary N) is 1. The molecular weight excluding hydrogens is 407 g/mol. The minimum atomic E-state index is -0.766. The van der Waals surface area contributed by atoms with Crippen molar-refractivity contribution in [3.8, 4) is 0 Å². The first kappa shape index (κ1) is 18.5. The van der Waals surface area contributed by atoms with E-state index in [1.165, 1.54) is 11.3 Å². The van der Waals surface area contributed by atoms with Gasteiger partial charge in [-0.3, -0.25) is 14.0 Å². The van der Waals surface area contributed by atoms with Crippen LogP contribution in [0.25, 0.3) is 15.7 Å². The number of rotatable bonds is 4. The second kappa shape index (κ2) is 6.95.